The molecular weight excluding hydrogens is 469 g/mol. The van der Waals surface area contributed by atoms with Crippen LogP contribution in [0.3, 0.4) is 0 Å². The van der Waals surface area contributed by atoms with Crippen LogP contribution in [0.2, 0.25) is 10.0 Å². The molecule has 1 amide bonds. The van der Waals surface area contributed by atoms with Gasteiger partial charge in [0.2, 0.25) is 0 Å². The van der Waals surface area contributed by atoms with Crippen molar-refractivity contribution >= 4 is 29.1 Å². The molecule has 0 atom stereocenters. The largest absolute Gasteiger partial charge is 0.330 e. The number of halogens is 2. The van der Waals surface area contributed by atoms with Gasteiger partial charge in [-0.05, 0) is 69.3 Å². The Morgan fingerprint density at radius 1 is 1.06 bits per heavy atom. The van der Waals surface area contributed by atoms with Gasteiger partial charge in [0, 0.05) is 29.2 Å². The lowest BCUT2D eigenvalue weighted by Crippen LogP contribution is -2.45. The standard InChI is InChI=1S/C26H31Cl2N5O/c1-18-24(26(34)31-32-15-5-2-6-16-32)30-33(23-13-12-21(27)17-22(23)28)25(18)20-10-8-19(9-11-20)7-3-4-14-29/h8-13,17H,2-7,14-16,29H2,1H3,(H,31,34). The van der Waals surface area contributed by atoms with Crippen LogP contribution in [0, 0.1) is 6.92 Å². The number of nitrogens with one attached hydrogen (secondary N) is 1. The number of aromatic nitrogens is 2. The van der Waals surface area contributed by atoms with Gasteiger partial charge in [0.1, 0.15) is 0 Å². The Labute approximate surface area is 211 Å². The van der Waals surface area contributed by atoms with Gasteiger partial charge < -0.3 is 5.73 Å². The van der Waals surface area contributed by atoms with Gasteiger partial charge in [-0.3, -0.25) is 10.2 Å². The average molecular weight is 500 g/mol. The van der Waals surface area contributed by atoms with Gasteiger partial charge in [0.25, 0.3) is 5.91 Å². The van der Waals surface area contributed by atoms with Gasteiger partial charge in [-0.2, -0.15) is 5.10 Å². The molecule has 1 aromatic heterocycles. The molecule has 0 spiro atoms. The monoisotopic (exact) mass is 499 g/mol. The molecule has 1 aliphatic heterocycles. The molecular formula is C26H31Cl2N5O. The SMILES string of the molecule is Cc1c(C(=O)NN2CCCCC2)nn(-c2ccc(Cl)cc2Cl)c1-c1ccc(CCCCN)cc1. The van der Waals surface area contributed by atoms with E-state index in [4.69, 9.17) is 34.0 Å². The number of benzene rings is 2. The summed E-state index contributed by atoms with van der Waals surface area (Å²) in [6, 6.07) is 13.7. The Kier molecular flexibility index (Phi) is 8.27. The highest BCUT2D eigenvalue weighted by Crippen LogP contribution is 2.33. The summed E-state index contributed by atoms with van der Waals surface area (Å²) >= 11 is 12.7. The summed E-state index contributed by atoms with van der Waals surface area (Å²) in [5.41, 5.74) is 13.6. The van der Waals surface area contributed by atoms with Gasteiger partial charge in [-0.25, -0.2) is 9.69 Å². The first kappa shape index (κ1) is 24.7. The first-order valence-corrected chi connectivity index (χ1v) is 12.6. The summed E-state index contributed by atoms with van der Waals surface area (Å²) < 4.78 is 1.75. The van der Waals surface area contributed by atoms with Crippen molar-refractivity contribution in [3.05, 3.63) is 69.3 Å². The molecule has 180 valence electrons. The maximum atomic E-state index is 13.2. The van der Waals surface area contributed by atoms with Gasteiger partial charge in [0.15, 0.2) is 5.69 Å². The molecule has 1 fully saturated rings. The fraction of sp³-hybridized carbons (Fsp3) is 0.385. The zero-order chi connectivity index (χ0) is 24.1. The molecule has 0 unspecified atom stereocenters. The maximum absolute atomic E-state index is 13.2. The molecule has 1 aliphatic rings. The van der Waals surface area contributed by atoms with Crippen LogP contribution >= 0.6 is 23.2 Å². The Hall–Kier alpha value is -2.38. The number of piperidine rings is 1. The predicted molar refractivity (Wildman–Crippen MR) is 139 cm³/mol. The minimum atomic E-state index is -0.206. The van der Waals surface area contributed by atoms with Crippen LogP contribution in [0.4, 0.5) is 0 Å². The van der Waals surface area contributed by atoms with Gasteiger partial charge in [0.05, 0.1) is 16.4 Å². The molecule has 0 bridgehead atoms. The minimum absolute atomic E-state index is 0.206. The zero-order valence-electron chi connectivity index (χ0n) is 19.5. The summed E-state index contributed by atoms with van der Waals surface area (Å²) in [5, 5.41) is 7.73. The molecule has 0 aliphatic carbocycles. The van der Waals surface area contributed by atoms with Crippen LogP contribution in [0.1, 0.15) is 53.7 Å². The molecule has 3 aromatic rings. The third-order valence-electron chi connectivity index (χ3n) is 6.24. The van der Waals surface area contributed by atoms with E-state index < -0.39 is 0 Å². The lowest BCUT2D eigenvalue weighted by molar-refractivity contribution is 0.0743. The summed E-state index contributed by atoms with van der Waals surface area (Å²) in [6.45, 7) is 4.35. The number of hydrogen-bond donors (Lipinski definition) is 2. The highest BCUT2D eigenvalue weighted by molar-refractivity contribution is 6.35. The summed E-state index contributed by atoms with van der Waals surface area (Å²) in [5.74, 6) is -0.206. The van der Waals surface area contributed by atoms with Crippen molar-refractivity contribution in [2.24, 2.45) is 5.73 Å². The van der Waals surface area contributed by atoms with Crippen LogP contribution in [-0.4, -0.2) is 40.3 Å². The number of nitrogens with zero attached hydrogens (tertiary/aromatic N) is 3. The van der Waals surface area contributed by atoms with E-state index in [9.17, 15) is 4.79 Å². The Morgan fingerprint density at radius 2 is 1.79 bits per heavy atom. The molecule has 4 rings (SSSR count). The highest BCUT2D eigenvalue weighted by Gasteiger charge is 2.25. The molecule has 6 nitrogen and oxygen atoms in total. The topological polar surface area (TPSA) is 76.2 Å². The van der Waals surface area contributed by atoms with E-state index in [2.05, 4.69) is 29.7 Å². The van der Waals surface area contributed by atoms with Crippen LogP contribution in [-0.2, 0) is 6.42 Å². The fourth-order valence-electron chi connectivity index (χ4n) is 4.38. The maximum Gasteiger partial charge on any atom is 0.286 e. The van der Waals surface area contributed by atoms with E-state index in [1.54, 1.807) is 16.8 Å². The highest BCUT2D eigenvalue weighted by atomic mass is 35.5. The second-order valence-electron chi connectivity index (χ2n) is 8.76. The van der Waals surface area contributed by atoms with Crippen molar-refractivity contribution < 1.29 is 4.79 Å². The quantitative estimate of drug-likeness (QED) is 0.397. The smallest absolute Gasteiger partial charge is 0.286 e. The van der Waals surface area contributed by atoms with Crippen LogP contribution in [0.5, 0.6) is 0 Å². The van der Waals surface area contributed by atoms with Crippen LogP contribution in [0.15, 0.2) is 42.5 Å². The lowest BCUT2D eigenvalue weighted by atomic mass is 10.0. The first-order valence-electron chi connectivity index (χ1n) is 11.9. The van der Waals surface area contributed by atoms with Crippen molar-refractivity contribution in [2.45, 2.75) is 45.4 Å². The molecule has 2 aromatic carbocycles. The second-order valence-corrected chi connectivity index (χ2v) is 9.60. The Morgan fingerprint density at radius 3 is 2.47 bits per heavy atom. The third-order valence-corrected chi connectivity index (χ3v) is 6.78. The van der Waals surface area contributed by atoms with Crippen molar-refractivity contribution in [1.29, 1.82) is 0 Å². The number of amides is 1. The van der Waals surface area contributed by atoms with Gasteiger partial charge in [-0.1, -0.05) is 53.9 Å². The van der Waals surface area contributed by atoms with E-state index in [0.717, 1.165) is 62.0 Å². The number of carbonyl (C=O) groups excluding carboxylic acids is 1. The van der Waals surface area contributed by atoms with E-state index in [1.165, 1.54) is 12.0 Å². The molecule has 2 heterocycles. The Bertz CT molecular complexity index is 1140. The minimum Gasteiger partial charge on any atom is -0.330 e. The lowest BCUT2D eigenvalue weighted by Gasteiger charge is -2.26. The zero-order valence-corrected chi connectivity index (χ0v) is 21.0. The second kappa shape index (κ2) is 11.4. The molecule has 3 N–H and O–H groups in total. The fourth-order valence-corrected chi connectivity index (χ4v) is 4.87. The summed E-state index contributed by atoms with van der Waals surface area (Å²) in [6.07, 6.45) is 6.42. The van der Waals surface area contributed by atoms with Crippen molar-refractivity contribution in [3.8, 4) is 16.9 Å². The average Bonchev–Trinajstić information content (AvgIpc) is 3.17. The van der Waals surface area contributed by atoms with E-state index in [1.807, 2.05) is 18.0 Å². The Balaban J connectivity index is 1.72. The normalized spacial score (nSPS) is 14.4. The summed E-state index contributed by atoms with van der Waals surface area (Å²) in [4.78, 5) is 13.2. The first-order chi connectivity index (χ1) is 16.5. The van der Waals surface area contributed by atoms with Gasteiger partial charge >= 0.3 is 0 Å². The molecule has 8 heteroatoms. The van der Waals surface area contributed by atoms with E-state index in [-0.39, 0.29) is 5.91 Å². The van der Waals surface area contributed by atoms with Crippen molar-refractivity contribution in [1.82, 2.24) is 20.2 Å². The van der Waals surface area contributed by atoms with Crippen molar-refractivity contribution in [2.75, 3.05) is 19.6 Å². The number of rotatable bonds is 8. The molecule has 34 heavy (non-hydrogen) atoms. The third kappa shape index (κ3) is 5.63. The number of unbranched alkanes of at least 4 members (excludes halogenated alkanes) is 1. The van der Waals surface area contributed by atoms with Crippen LogP contribution in [0.25, 0.3) is 16.9 Å². The number of carbonyl (C=O) groups is 1. The van der Waals surface area contributed by atoms with Crippen molar-refractivity contribution in [3.63, 3.8) is 0 Å². The number of aryl methyl sites for hydroxylation is 1. The molecule has 0 radical (unpaired) electrons. The van der Waals surface area contributed by atoms with Crippen LogP contribution < -0.4 is 11.2 Å². The van der Waals surface area contributed by atoms with E-state index in [0.29, 0.717) is 28.0 Å². The number of hydrazine groups is 1. The number of hydrogen-bond acceptors (Lipinski definition) is 4. The summed E-state index contributed by atoms with van der Waals surface area (Å²) in [7, 11) is 0. The molecule has 0 saturated carbocycles. The molecule has 1 saturated heterocycles. The number of nitrogens with two attached hydrogens (primary N) is 1. The predicted octanol–water partition coefficient (Wildman–Crippen LogP) is 5.57. The van der Waals surface area contributed by atoms with Gasteiger partial charge in [-0.15, -0.1) is 0 Å². The van der Waals surface area contributed by atoms with E-state index >= 15 is 0 Å².